The number of aromatic nitrogens is 1. The Morgan fingerprint density at radius 3 is 2.68 bits per heavy atom. The highest BCUT2D eigenvalue weighted by molar-refractivity contribution is 8.02. The van der Waals surface area contributed by atoms with Gasteiger partial charge in [0, 0.05) is 35.9 Å². The van der Waals surface area contributed by atoms with E-state index in [1.807, 2.05) is 32.2 Å². The summed E-state index contributed by atoms with van der Waals surface area (Å²) in [4.78, 5) is 15.7. The third-order valence-electron chi connectivity index (χ3n) is 4.14. The topological polar surface area (TPSA) is 62.2 Å². The summed E-state index contributed by atoms with van der Waals surface area (Å²) >= 11 is 2.71. The zero-order valence-electron chi connectivity index (χ0n) is 15.4. The SMILES string of the molecule is C=C(F)C(C)C(C)/C(=C\C)NCCc1csc(SC(C)(C)C(=O)O)n1. The lowest BCUT2D eigenvalue weighted by molar-refractivity contribution is -0.138. The van der Waals surface area contributed by atoms with Crippen LogP contribution < -0.4 is 5.32 Å². The molecule has 0 aliphatic rings. The van der Waals surface area contributed by atoms with Crippen molar-refractivity contribution in [2.45, 2.75) is 50.1 Å². The number of nitrogens with zero attached hydrogens (tertiary/aromatic N) is 1. The number of halogens is 1. The lowest BCUT2D eigenvalue weighted by Gasteiger charge is -2.22. The number of carboxylic acids is 1. The number of aliphatic carboxylic acids is 1. The Hall–Kier alpha value is -1.34. The molecule has 1 aromatic heterocycles. The molecule has 1 rings (SSSR count). The Balaban J connectivity index is 2.57. The van der Waals surface area contributed by atoms with Gasteiger partial charge in [0.1, 0.15) is 4.75 Å². The van der Waals surface area contributed by atoms with Crippen molar-refractivity contribution in [1.82, 2.24) is 10.3 Å². The number of nitrogens with one attached hydrogen (secondary N) is 1. The van der Waals surface area contributed by atoms with E-state index in [0.29, 0.717) is 6.54 Å². The molecule has 0 aliphatic heterocycles. The van der Waals surface area contributed by atoms with Crippen molar-refractivity contribution in [2.75, 3.05) is 6.54 Å². The van der Waals surface area contributed by atoms with Crippen LogP contribution in [0.15, 0.2) is 33.9 Å². The largest absolute Gasteiger partial charge is 0.480 e. The molecule has 140 valence electrons. The van der Waals surface area contributed by atoms with E-state index in [1.54, 1.807) is 13.8 Å². The highest BCUT2D eigenvalue weighted by Crippen LogP contribution is 2.34. The normalized spacial score (nSPS) is 14.9. The van der Waals surface area contributed by atoms with Crippen LogP contribution in [0.3, 0.4) is 0 Å². The summed E-state index contributed by atoms with van der Waals surface area (Å²) in [5, 5.41) is 14.5. The summed E-state index contributed by atoms with van der Waals surface area (Å²) in [6.07, 6.45) is 2.68. The molecule has 2 N–H and O–H groups in total. The Labute approximate surface area is 157 Å². The van der Waals surface area contributed by atoms with Crippen LogP contribution in [0.5, 0.6) is 0 Å². The van der Waals surface area contributed by atoms with Gasteiger partial charge in [-0.15, -0.1) is 11.3 Å². The highest BCUT2D eigenvalue weighted by Gasteiger charge is 2.29. The van der Waals surface area contributed by atoms with Crippen LogP contribution in [0.25, 0.3) is 0 Å². The predicted octanol–water partition coefficient (Wildman–Crippen LogP) is 4.89. The van der Waals surface area contributed by atoms with Crippen LogP contribution in [-0.4, -0.2) is 27.4 Å². The van der Waals surface area contributed by atoms with Crippen molar-refractivity contribution < 1.29 is 14.3 Å². The zero-order valence-corrected chi connectivity index (χ0v) is 17.1. The summed E-state index contributed by atoms with van der Waals surface area (Å²) in [6.45, 7) is 13.1. The van der Waals surface area contributed by atoms with Crippen LogP contribution in [0.1, 0.15) is 40.3 Å². The van der Waals surface area contributed by atoms with Crippen LogP contribution in [-0.2, 0) is 11.2 Å². The first kappa shape index (κ1) is 21.7. The van der Waals surface area contributed by atoms with Crippen molar-refractivity contribution in [3.8, 4) is 0 Å². The van der Waals surface area contributed by atoms with Crippen molar-refractivity contribution in [2.24, 2.45) is 11.8 Å². The summed E-state index contributed by atoms with van der Waals surface area (Å²) < 4.78 is 13.2. The van der Waals surface area contributed by atoms with Gasteiger partial charge in [0.15, 0.2) is 4.34 Å². The van der Waals surface area contributed by atoms with Crippen molar-refractivity contribution in [1.29, 1.82) is 0 Å². The van der Waals surface area contributed by atoms with E-state index in [2.05, 4.69) is 16.9 Å². The molecule has 0 amide bonds. The van der Waals surface area contributed by atoms with Gasteiger partial charge in [0.2, 0.25) is 0 Å². The molecule has 2 atom stereocenters. The maximum Gasteiger partial charge on any atom is 0.319 e. The summed E-state index contributed by atoms with van der Waals surface area (Å²) in [6, 6.07) is 0. The second-order valence-electron chi connectivity index (χ2n) is 6.47. The molecule has 7 heteroatoms. The fourth-order valence-electron chi connectivity index (χ4n) is 2.11. The minimum Gasteiger partial charge on any atom is -0.480 e. The van der Waals surface area contributed by atoms with E-state index in [-0.39, 0.29) is 17.7 Å². The lowest BCUT2D eigenvalue weighted by atomic mass is 9.91. The Bertz CT molecular complexity index is 641. The van der Waals surface area contributed by atoms with E-state index in [9.17, 15) is 14.3 Å². The number of rotatable bonds is 10. The third kappa shape index (κ3) is 6.47. The van der Waals surface area contributed by atoms with Crippen LogP contribution >= 0.6 is 23.1 Å². The minimum absolute atomic E-state index is 0.0282. The van der Waals surface area contributed by atoms with Crippen LogP contribution in [0, 0.1) is 11.8 Å². The van der Waals surface area contributed by atoms with E-state index in [0.717, 1.165) is 22.2 Å². The van der Waals surface area contributed by atoms with E-state index in [4.69, 9.17) is 0 Å². The second-order valence-corrected chi connectivity index (χ2v) is 9.20. The van der Waals surface area contributed by atoms with Gasteiger partial charge in [0.05, 0.1) is 11.5 Å². The van der Waals surface area contributed by atoms with Crippen molar-refractivity contribution >= 4 is 29.1 Å². The molecule has 0 saturated heterocycles. The molecule has 1 heterocycles. The fourth-order valence-corrected chi connectivity index (χ4v) is 4.34. The molecule has 4 nitrogen and oxygen atoms in total. The molecule has 0 saturated carbocycles. The number of allylic oxidation sites excluding steroid dienone is 3. The minimum atomic E-state index is -0.897. The summed E-state index contributed by atoms with van der Waals surface area (Å²) in [7, 11) is 0. The van der Waals surface area contributed by atoms with Gasteiger partial charge in [-0.25, -0.2) is 9.37 Å². The molecule has 0 aromatic carbocycles. The average Bonchev–Trinajstić information content (AvgIpc) is 2.96. The van der Waals surface area contributed by atoms with Gasteiger partial charge in [-0.3, -0.25) is 4.79 Å². The number of carboxylic acid groups (broad SMARTS) is 1. The third-order valence-corrected chi connectivity index (χ3v) is 6.32. The van der Waals surface area contributed by atoms with Gasteiger partial charge in [0.25, 0.3) is 0 Å². The Morgan fingerprint density at radius 2 is 2.16 bits per heavy atom. The maximum atomic E-state index is 13.3. The number of carbonyl (C=O) groups is 1. The first-order chi connectivity index (χ1) is 11.6. The summed E-state index contributed by atoms with van der Waals surface area (Å²) in [5.74, 6) is -1.37. The quantitative estimate of drug-likeness (QED) is 0.561. The van der Waals surface area contributed by atoms with E-state index in [1.165, 1.54) is 23.1 Å². The second kappa shape index (κ2) is 9.38. The first-order valence-corrected chi connectivity index (χ1v) is 9.89. The first-order valence-electron chi connectivity index (χ1n) is 8.19. The van der Waals surface area contributed by atoms with E-state index >= 15 is 0 Å². The molecule has 25 heavy (non-hydrogen) atoms. The maximum absolute atomic E-state index is 13.3. The van der Waals surface area contributed by atoms with Gasteiger partial charge in [-0.1, -0.05) is 38.3 Å². The molecular formula is C18H27FN2O2S2. The van der Waals surface area contributed by atoms with Gasteiger partial charge in [-0.05, 0) is 20.8 Å². The van der Waals surface area contributed by atoms with Crippen LogP contribution in [0.2, 0.25) is 0 Å². The standard InChI is InChI=1S/C18H27FN2O2S2/c1-7-15(12(3)11(2)13(4)19)20-9-8-14-10-24-17(21-14)25-18(5,6)16(22)23/h7,10-12,20H,4,8-9H2,1-3,5-6H3,(H,22,23)/b15-7+. The average molecular weight is 387 g/mol. The molecule has 1 aromatic rings. The zero-order chi connectivity index (χ0) is 19.2. The number of hydrogen-bond donors (Lipinski definition) is 2. The fraction of sp³-hybridized carbons (Fsp3) is 0.556. The number of thiazole rings is 1. The predicted molar refractivity (Wildman–Crippen MR) is 104 cm³/mol. The number of thioether (sulfide) groups is 1. The van der Waals surface area contributed by atoms with Crippen LogP contribution in [0.4, 0.5) is 4.39 Å². The molecule has 0 bridgehead atoms. The van der Waals surface area contributed by atoms with E-state index < -0.39 is 10.7 Å². The molecule has 2 unspecified atom stereocenters. The molecule has 0 radical (unpaired) electrons. The van der Waals surface area contributed by atoms with Crippen molar-refractivity contribution in [3.05, 3.63) is 35.3 Å². The monoisotopic (exact) mass is 386 g/mol. The summed E-state index contributed by atoms with van der Waals surface area (Å²) in [5.41, 5.74) is 1.91. The van der Waals surface area contributed by atoms with Gasteiger partial charge >= 0.3 is 5.97 Å². The molecular weight excluding hydrogens is 359 g/mol. The van der Waals surface area contributed by atoms with Crippen molar-refractivity contribution in [3.63, 3.8) is 0 Å². The molecule has 0 spiro atoms. The lowest BCUT2D eigenvalue weighted by Crippen LogP contribution is -2.26. The van der Waals surface area contributed by atoms with Gasteiger partial charge in [-0.2, -0.15) is 0 Å². The Kier molecular flexibility index (Phi) is 8.15. The molecule has 0 fully saturated rings. The molecule has 0 aliphatic carbocycles. The highest BCUT2D eigenvalue weighted by atomic mass is 32.2. The Morgan fingerprint density at radius 1 is 1.52 bits per heavy atom. The van der Waals surface area contributed by atoms with Gasteiger partial charge < -0.3 is 10.4 Å². The number of hydrogen-bond acceptors (Lipinski definition) is 5. The smallest absolute Gasteiger partial charge is 0.319 e.